The van der Waals surface area contributed by atoms with E-state index in [9.17, 15) is 0 Å². The molecule has 0 bridgehead atoms. The lowest BCUT2D eigenvalue weighted by atomic mass is 10.0. The van der Waals surface area contributed by atoms with E-state index in [-0.39, 0.29) is 6.04 Å². The van der Waals surface area contributed by atoms with Gasteiger partial charge >= 0.3 is 0 Å². The number of nitriles is 1. The summed E-state index contributed by atoms with van der Waals surface area (Å²) in [6.45, 7) is 0. The monoisotopic (exact) mass is 124 g/mol. The highest BCUT2D eigenvalue weighted by Crippen LogP contribution is 2.26. The van der Waals surface area contributed by atoms with Gasteiger partial charge in [0, 0.05) is 0 Å². The van der Waals surface area contributed by atoms with Crippen LogP contribution in [0.25, 0.3) is 0 Å². The van der Waals surface area contributed by atoms with Crippen LogP contribution in [0.15, 0.2) is 0 Å². The summed E-state index contributed by atoms with van der Waals surface area (Å²) in [5.41, 5.74) is 5.52. The second kappa shape index (κ2) is 2.84. The summed E-state index contributed by atoms with van der Waals surface area (Å²) in [6, 6.07) is 1.88. The lowest BCUT2D eigenvalue weighted by Gasteiger charge is -2.08. The zero-order valence-electron chi connectivity index (χ0n) is 5.51. The van der Waals surface area contributed by atoms with Gasteiger partial charge in [0.2, 0.25) is 0 Å². The molecular weight excluding hydrogens is 112 g/mol. The molecule has 1 rings (SSSR count). The molecule has 1 aliphatic rings. The van der Waals surface area contributed by atoms with E-state index < -0.39 is 0 Å². The molecule has 0 aromatic rings. The Morgan fingerprint density at radius 1 is 1.44 bits per heavy atom. The number of nitrogens with zero attached hydrogens (tertiary/aromatic N) is 1. The first-order valence-corrected chi connectivity index (χ1v) is 3.50. The molecule has 1 aliphatic carbocycles. The predicted octanol–water partition coefficient (Wildman–Crippen LogP) is 1.03. The standard InChI is InChI=1S/C7H12N2/c8-5-7(9)6-3-1-2-4-6/h6-7H,1-4,9H2. The van der Waals surface area contributed by atoms with Crippen molar-refractivity contribution < 1.29 is 0 Å². The zero-order valence-corrected chi connectivity index (χ0v) is 5.51. The van der Waals surface area contributed by atoms with Crippen LogP contribution < -0.4 is 5.73 Å². The summed E-state index contributed by atoms with van der Waals surface area (Å²) in [5.74, 6) is 0.495. The van der Waals surface area contributed by atoms with E-state index >= 15 is 0 Å². The van der Waals surface area contributed by atoms with Crippen molar-refractivity contribution in [2.24, 2.45) is 11.7 Å². The van der Waals surface area contributed by atoms with Crippen LogP contribution in [-0.4, -0.2) is 6.04 Å². The summed E-state index contributed by atoms with van der Waals surface area (Å²) >= 11 is 0. The topological polar surface area (TPSA) is 49.8 Å². The molecule has 9 heavy (non-hydrogen) atoms. The van der Waals surface area contributed by atoms with E-state index in [1.54, 1.807) is 0 Å². The quantitative estimate of drug-likeness (QED) is 0.567. The Morgan fingerprint density at radius 3 is 2.44 bits per heavy atom. The number of nitrogens with two attached hydrogens (primary N) is 1. The summed E-state index contributed by atoms with van der Waals surface area (Å²) in [4.78, 5) is 0. The smallest absolute Gasteiger partial charge is 0.0956 e. The van der Waals surface area contributed by atoms with Crippen LogP contribution >= 0.6 is 0 Å². The third kappa shape index (κ3) is 1.43. The normalized spacial score (nSPS) is 23.6. The van der Waals surface area contributed by atoms with Gasteiger partial charge in [0.25, 0.3) is 0 Å². The minimum Gasteiger partial charge on any atom is -0.316 e. The molecule has 0 radical (unpaired) electrons. The van der Waals surface area contributed by atoms with Crippen LogP contribution in [0.5, 0.6) is 0 Å². The highest BCUT2D eigenvalue weighted by molar-refractivity contribution is 4.93. The third-order valence-electron chi connectivity index (χ3n) is 2.06. The lowest BCUT2D eigenvalue weighted by molar-refractivity contribution is 0.497. The fourth-order valence-electron chi connectivity index (χ4n) is 1.42. The van der Waals surface area contributed by atoms with Crippen molar-refractivity contribution in [3.05, 3.63) is 0 Å². The van der Waals surface area contributed by atoms with E-state index in [2.05, 4.69) is 6.07 Å². The molecule has 0 aromatic carbocycles. The predicted molar refractivity (Wildman–Crippen MR) is 35.5 cm³/mol. The van der Waals surface area contributed by atoms with Crippen LogP contribution in [0, 0.1) is 17.2 Å². The lowest BCUT2D eigenvalue weighted by Crippen LogP contribution is -2.25. The molecule has 2 heteroatoms. The maximum atomic E-state index is 8.42. The molecule has 2 N–H and O–H groups in total. The molecule has 0 amide bonds. The van der Waals surface area contributed by atoms with Crippen LogP contribution in [0.3, 0.4) is 0 Å². The Labute approximate surface area is 55.7 Å². The third-order valence-corrected chi connectivity index (χ3v) is 2.06. The number of hydrogen-bond acceptors (Lipinski definition) is 2. The summed E-state index contributed by atoms with van der Waals surface area (Å²) in [7, 11) is 0. The highest BCUT2D eigenvalue weighted by atomic mass is 14.7. The second-order valence-electron chi connectivity index (χ2n) is 2.70. The maximum absolute atomic E-state index is 8.42. The van der Waals surface area contributed by atoms with Gasteiger partial charge in [-0.2, -0.15) is 5.26 Å². The molecule has 2 nitrogen and oxygen atoms in total. The highest BCUT2D eigenvalue weighted by Gasteiger charge is 2.20. The molecule has 0 aromatic heterocycles. The van der Waals surface area contributed by atoms with Crippen molar-refractivity contribution in [2.45, 2.75) is 31.7 Å². The van der Waals surface area contributed by atoms with Crippen molar-refractivity contribution in [3.63, 3.8) is 0 Å². The van der Waals surface area contributed by atoms with Crippen molar-refractivity contribution >= 4 is 0 Å². The van der Waals surface area contributed by atoms with E-state index in [1.165, 1.54) is 12.8 Å². The fourth-order valence-corrected chi connectivity index (χ4v) is 1.42. The molecule has 0 saturated heterocycles. The van der Waals surface area contributed by atoms with Crippen LogP contribution in [-0.2, 0) is 0 Å². The summed E-state index contributed by atoms with van der Waals surface area (Å²) in [6.07, 6.45) is 4.85. The average molecular weight is 124 g/mol. The summed E-state index contributed by atoms with van der Waals surface area (Å²) in [5, 5.41) is 8.42. The molecule has 50 valence electrons. The van der Waals surface area contributed by atoms with Crippen LogP contribution in [0.4, 0.5) is 0 Å². The maximum Gasteiger partial charge on any atom is 0.0956 e. The largest absolute Gasteiger partial charge is 0.316 e. The van der Waals surface area contributed by atoms with Crippen molar-refractivity contribution in [1.82, 2.24) is 0 Å². The Bertz CT molecular complexity index is 119. The Morgan fingerprint density at radius 2 is 2.00 bits per heavy atom. The van der Waals surface area contributed by atoms with Crippen molar-refractivity contribution in [2.75, 3.05) is 0 Å². The molecule has 1 unspecified atom stereocenters. The number of rotatable bonds is 1. The van der Waals surface area contributed by atoms with Gasteiger partial charge in [0.05, 0.1) is 12.1 Å². The van der Waals surface area contributed by atoms with E-state index in [4.69, 9.17) is 11.0 Å². The van der Waals surface area contributed by atoms with Crippen molar-refractivity contribution in [3.8, 4) is 6.07 Å². The second-order valence-corrected chi connectivity index (χ2v) is 2.70. The molecular formula is C7H12N2. The zero-order chi connectivity index (χ0) is 6.69. The van der Waals surface area contributed by atoms with Gasteiger partial charge < -0.3 is 5.73 Å². The van der Waals surface area contributed by atoms with Crippen molar-refractivity contribution in [1.29, 1.82) is 5.26 Å². The van der Waals surface area contributed by atoms with Gasteiger partial charge in [-0.25, -0.2) is 0 Å². The first-order valence-electron chi connectivity index (χ1n) is 3.50. The Hall–Kier alpha value is -0.550. The SMILES string of the molecule is N#CC(N)C1CCCC1. The fraction of sp³-hybridized carbons (Fsp3) is 0.857. The van der Waals surface area contributed by atoms with Gasteiger partial charge in [0.15, 0.2) is 0 Å². The average Bonchev–Trinajstić information content (AvgIpc) is 2.37. The molecule has 1 saturated carbocycles. The van der Waals surface area contributed by atoms with Gasteiger partial charge in [-0.05, 0) is 18.8 Å². The van der Waals surface area contributed by atoms with Gasteiger partial charge in [0.1, 0.15) is 0 Å². The van der Waals surface area contributed by atoms with Crippen LogP contribution in [0.2, 0.25) is 0 Å². The van der Waals surface area contributed by atoms with E-state index in [0.717, 1.165) is 12.8 Å². The molecule has 0 aliphatic heterocycles. The van der Waals surface area contributed by atoms with Gasteiger partial charge in [-0.3, -0.25) is 0 Å². The minimum atomic E-state index is -0.201. The molecule has 0 spiro atoms. The summed E-state index contributed by atoms with van der Waals surface area (Å²) < 4.78 is 0. The Balaban J connectivity index is 2.34. The Kier molecular flexibility index (Phi) is 2.07. The van der Waals surface area contributed by atoms with Crippen LogP contribution in [0.1, 0.15) is 25.7 Å². The van der Waals surface area contributed by atoms with Gasteiger partial charge in [-0.15, -0.1) is 0 Å². The van der Waals surface area contributed by atoms with E-state index in [1.807, 2.05) is 0 Å². The van der Waals surface area contributed by atoms with Gasteiger partial charge in [-0.1, -0.05) is 12.8 Å². The van der Waals surface area contributed by atoms with E-state index in [0.29, 0.717) is 5.92 Å². The molecule has 0 heterocycles. The number of hydrogen-bond donors (Lipinski definition) is 1. The first kappa shape index (κ1) is 6.57. The molecule has 1 atom stereocenters. The molecule has 1 fully saturated rings. The first-order chi connectivity index (χ1) is 4.34. The minimum absolute atomic E-state index is 0.201.